The molecule has 0 atom stereocenters. The van der Waals surface area contributed by atoms with E-state index >= 15 is 0 Å². The quantitative estimate of drug-likeness (QED) is 0.598. The number of benzene rings is 1. The average molecular weight is 385 g/mol. The van der Waals surface area contributed by atoms with E-state index in [-0.39, 0.29) is 5.57 Å². The van der Waals surface area contributed by atoms with Gasteiger partial charge >= 0.3 is 0 Å². The monoisotopic (exact) mass is 384 g/mol. The first-order chi connectivity index (χ1) is 11.5. The number of nitriles is 1. The Hall–Kier alpha value is -2.65. The highest BCUT2D eigenvalue weighted by Gasteiger charge is 2.13. The van der Waals surface area contributed by atoms with Crippen molar-refractivity contribution >= 4 is 33.3 Å². The van der Waals surface area contributed by atoms with Gasteiger partial charge in [-0.2, -0.15) is 5.26 Å². The molecule has 1 heterocycles. The lowest BCUT2D eigenvalue weighted by atomic mass is 10.1. The second-order valence-electron chi connectivity index (χ2n) is 5.09. The first kappa shape index (κ1) is 17.7. The Labute approximate surface area is 149 Å². The molecule has 0 radical (unpaired) electrons. The van der Waals surface area contributed by atoms with Crippen LogP contribution in [0.5, 0.6) is 0 Å². The van der Waals surface area contributed by atoms with Gasteiger partial charge in [0, 0.05) is 22.6 Å². The molecule has 0 aliphatic rings. The number of aryl methyl sites for hydroxylation is 2. The standard InChI is InChI=1S/C18H17BrN4O/c1-3-13-6-4-5-12(2)17(13)23-18(24)14(10-20)11-22-16-9-15(19)7-8-21-16/h4-9,11H,3H2,1-2H3,(H,21,22)(H,23,24)/b14-11-. The number of anilines is 2. The lowest BCUT2D eigenvalue weighted by Gasteiger charge is -2.12. The van der Waals surface area contributed by atoms with E-state index in [2.05, 4.69) is 31.5 Å². The van der Waals surface area contributed by atoms with Crippen LogP contribution in [0.3, 0.4) is 0 Å². The first-order valence-corrected chi connectivity index (χ1v) is 8.22. The molecule has 2 aromatic rings. The van der Waals surface area contributed by atoms with Crippen LogP contribution in [-0.2, 0) is 11.2 Å². The zero-order valence-electron chi connectivity index (χ0n) is 13.4. The van der Waals surface area contributed by atoms with Gasteiger partial charge in [-0.1, -0.05) is 41.1 Å². The van der Waals surface area contributed by atoms with Gasteiger partial charge in [0.05, 0.1) is 0 Å². The number of carbonyl (C=O) groups excluding carboxylic acids is 1. The number of aromatic nitrogens is 1. The van der Waals surface area contributed by atoms with Crippen molar-refractivity contribution in [2.24, 2.45) is 0 Å². The largest absolute Gasteiger partial charge is 0.345 e. The van der Waals surface area contributed by atoms with Gasteiger partial charge in [-0.25, -0.2) is 4.98 Å². The first-order valence-electron chi connectivity index (χ1n) is 7.43. The van der Waals surface area contributed by atoms with E-state index in [4.69, 9.17) is 0 Å². The van der Waals surface area contributed by atoms with Crippen LogP contribution in [0, 0.1) is 18.3 Å². The number of hydrogen-bond acceptors (Lipinski definition) is 4. The van der Waals surface area contributed by atoms with Crippen LogP contribution in [-0.4, -0.2) is 10.9 Å². The van der Waals surface area contributed by atoms with E-state index in [9.17, 15) is 10.1 Å². The second kappa shape index (κ2) is 8.27. The summed E-state index contributed by atoms with van der Waals surface area (Å²) in [4.78, 5) is 16.5. The van der Waals surface area contributed by atoms with Gasteiger partial charge in [-0.15, -0.1) is 0 Å². The third-order valence-corrected chi connectivity index (χ3v) is 3.92. The molecule has 6 heteroatoms. The van der Waals surface area contributed by atoms with Crippen LogP contribution in [0.2, 0.25) is 0 Å². The van der Waals surface area contributed by atoms with Gasteiger partial charge in [-0.05, 0) is 36.6 Å². The maximum Gasteiger partial charge on any atom is 0.267 e. The van der Waals surface area contributed by atoms with Crippen molar-refractivity contribution in [2.75, 3.05) is 10.6 Å². The fourth-order valence-corrected chi connectivity index (χ4v) is 2.50. The van der Waals surface area contributed by atoms with Gasteiger partial charge in [0.15, 0.2) is 0 Å². The molecule has 0 aliphatic carbocycles. The maximum atomic E-state index is 12.4. The zero-order valence-corrected chi connectivity index (χ0v) is 15.0. The number of para-hydroxylation sites is 1. The maximum absolute atomic E-state index is 12.4. The lowest BCUT2D eigenvalue weighted by Crippen LogP contribution is -2.16. The summed E-state index contributed by atoms with van der Waals surface area (Å²) >= 11 is 3.34. The lowest BCUT2D eigenvalue weighted by molar-refractivity contribution is -0.112. The third-order valence-electron chi connectivity index (χ3n) is 3.43. The van der Waals surface area contributed by atoms with E-state index in [1.165, 1.54) is 6.20 Å². The van der Waals surface area contributed by atoms with Crippen LogP contribution in [0.25, 0.3) is 0 Å². The van der Waals surface area contributed by atoms with Gasteiger partial charge < -0.3 is 10.6 Å². The summed E-state index contributed by atoms with van der Waals surface area (Å²) in [6.07, 6.45) is 3.77. The fraction of sp³-hybridized carbons (Fsp3) is 0.167. The van der Waals surface area contributed by atoms with E-state index in [0.717, 1.165) is 27.7 Å². The van der Waals surface area contributed by atoms with E-state index in [0.29, 0.717) is 5.82 Å². The Kier molecular flexibility index (Phi) is 6.10. The minimum Gasteiger partial charge on any atom is -0.345 e. The molecule has 0 saturated heterocycles. The molecule has 0 fully saturated rings. The summed E-state index contributed by atoms with van der Waals surface area (Å²) < 4.78 is 0.851. The smallest absolute Gasteiger partial charge is 0.267 e. The van der Waals surface area contributed by atoms with Crippen LogP contribution in [0.4, 0.5) is 11.5 Å². The van der Waals surface area contributed by atoms with Crippen molar-refractivity contribution < 1.29 is 4.79 Å². The Bertz CT molecular complexity index is 824. The normalized spacial score (nSPS) is 10.8. The summed E-state index contributed by atoms with van der Waals surface area (Å²) in [5.74, 6) is 0.0825. The number of rotatable bonds is 5. The molecule has 1 aromatic carbocycles. The van der Waals surface area contributed by atoms with Crippen LogP contribution >= 0.6 is 15.9 Å². The molecule has 24 heavy (non-hydrogen) atoms. The summed E-state index contributed by atoms with van der Waals surface area (Å²) in [5.41, 5.74) is 2.72. The molecule has 0 bridgehead atoms. The van der Waals surface area contributed by atoms with E-state index < -0.39 is 5.91 Å². The number of pyridine rings is 1. The predicted molar refractivity (Wildman–Crippen MR) is 98.4 cm³/mol. The number of hydrogen-bond donors (Lipinski definition) is 2. The molecule has 2 rings (SSSR count). The molecule has 5 nitrogen and oxygen atoms in total. The number of carbonyl (C=O) groups is 1. The van der Waals surface area contributed by atoms with Crippen molar-refractivity contribution in [3.8, 4) is 6.07 Å². The van der Waals surface area contributed by atoms with Crippen molar-refractivity contribution in [1.29, 1.82) is 5.26 Å². The highest BCUT2D eigenvalue weighted by Crippen LogP contribution is 2.21. The van der Waals surface area contributed by atoms with Gasteiger partial charge in [-0.3, -0.25) is 4.79 Å². The molecular formula is C18H17BrN4O. The van der Waals surface area contributed by atoms with Crippen LogP contribution < -0.4 is 10.6 Å². The minimum atomic E-state index is -0.455. The van der Waals surface area contributed by atoms with Crippen molar-refractivity contribution in [2.45, 2.75) is 20.3 Å². The topological polar surface area (TPSA) is 77.8 Å². The molecule has 0 spiro atoms. The average Bonchev–Trinajstić information content (AvgIpc) is 2.57. The Morgan fingerprint density at radius 3 is 2.88 bits per heavy atom. The second-order valence-corrected chi connectivity index (χ2v) is 6.01. The summed E-state index contributed by atoms with van der Waals surface area (Å²) in [6.45, 7) is 3.94. The van der Waals surface area contributed by atoms with Gasteiger partial charge in [0.2, 0.25) is 0 Å². The molecule has 0 saturated carbocycles. The fourth-order valence-electron chi connectivity index (χ4n) is 2.16. The number of halogens is 1. The van der Waals surface area contributed by atoms with E-state index in [1.54, 1.807) is 18.3 Å². The zero-order chi connectivity index (χ0) is 17.5. The van der Waals surface area contributed by atoms with Gasteiger partial charge in [0.1, 0.15) is 17.5 Å². The number of nitrogens with one attached hydrogen (secondary N) is 2. The summed E-state index contributed by atoms with van der Waals surface area (Å²) in [7, 11) is 0. The molecular weight excluding hydrogens is 368 g/mol. The van der Waals surface area contributed by atoms with Gasteiger partial charge in [0.25, 0.3) is 5.91 Å². The molecule has 1 aromatic heterocycles. The number of amides is 1. The molecule has 0 unspecified atom stereocenters. The Morgan fingerprint density at radius 1 is 1.42 bits per heavy atom. The molecule has 1 amide bonds. The molecule has 2 N–H and O–H groups in total. The number of nitrogens with zero attached hydrogens (tertiary/aromatic N) is 2. The highest BCUT2D eigenvalue weighted by molar-refractivity contribution is 9.10. The third kappa shape index (κ3) is 4.43. The summed E-state index contributed by atoms with van der Waals surface area (Å²) in [6, 6.07) is 11.3. The van der Waals surface area contributed by atoms with Crippen molar-refractivity contribution in [1.82, 2.24) is 4.98 Å². The van der Waals surface area contributed by atoms with Crippen LogP contribution in [0.15, 0.2) is 52.8 Å². The highest BCUT2D eigenvalue weighted by atomic mass is 79.9. The molecule has 0 aliphatic heterocycles. The van der Waals surface area contributed by atoms with Crippen molar-refractivity contribution in [3.63, 3.8) is 0 Å². The van der Waals surface area contributed by atoms with E-state index in [1.807, 2.05) is 38.1 Å². The predicted octanol–water partition coefficient (Wildman–Crippen LogP) is 4.17. The minimum absolute atomic E-state index is 0.0259. The Morgan fingerprint density at radius 2 is 2.21 bits per heavy atom. The Balaban J connectivity index is 2.18. The van der Waals surface area contributed by atoms with Crippen LogP contribution in [0.1, 0.15) is 18.1 Å². The summed E-state index contributed by atoms with van der Waals surface area (Å²) in [5, 5.41) is 14.9. The molecule has 122 valence electrons. The SMILES string of the molecule is CCc1cccc(C)c1NC(=O)/C(C#N)=C\Nc1cc(Br)ccn1. The van der Waals surface area contributed by atoms with Crippen molar-refractivity contribution in [3.05, 3.63) is 63.9 Å².